The molecule has 7 heteroatoms. The molecule has 1 fully saturated rings. The largest absolute Gasteiger partial charge is 0.481 e. The lowest BCUT2D eigenvalue weighted by Crippen LogP contribution is -2.49. The van der Waals surface area contributed by atoms with E-state index in [0.717, 1.165) is 9.35 Å². The number of thiophene rings is 1. The van der Waals surface area contributed by atoms with Gasteiger partial charge in [-0.1, -0.05) is 6.92 Å². The Labute approximate surface area is 130 Å². The highest BCUT2D eigenvalue weighted by atomic mass is 79.9. The zero-order chi connectivity index (χ0) is 14.7. The molecule has 0 aromatic carbocycles. The molecule has 110 valence electrons. The number of nitrogens with zero attached hydrogens (tertiary/aromatic N) is 1. The maximum absolute atomic E-state index is 12.1. The lowest BCUT2D eigenvalue weighted by Gasteiger charge is -2.34. The second-order valence-corrected chi connectivity index (χ2v) is 7.49. The lowest BCUT2D eigenvalue weighted by molar-refractivity contribution is -0.143. The van der Waals surface area contributed by atoms with Crippen LogP contribution in [-0.4, -0.2) is 35.1 Å². The molecule has 2 N–H and O–H groups in total. The number of carbonyl (C=O) groups is 2. The Bertz CT molecular complexity index is 506. The van der Waals surface area contributed by atoms with E-state index in [1.54, 1.807) is 16.2 Å². The second-order valence-electron chi connectivity index (χ2n) is 5.20. The topological polar surface area (TPSA) is 69.6 Å². The first-order chi connectivity index (χ1) is 9.45. The van der Waals surface area contributed by atoms with Gasteiger partial charge in [-0.3, -0.25) is 4.79 Å². The van der Waals surface area contributed by atoms with Crippen molar-refractivity contribution in [2.24, 2.45) is 11.8 Å². The number of carboxylic acid groups (broad SMARTS) is 1. The SMILES string of the molecule is CC1CC(C(=O)O)CN(C(=O)NCc2csc(Br)c2)C1. The van der Waals surface area contributed by atoms with Crippen molar-refractivity contribution in [3.8, 4) is 0 Å². The van der Waals surface area contributed by atoms with Gasteiger partial charge in [0.2, 0.25) is 0 Å². The highest BCUT2D eigenvalue weighted by Crippen LogP contribution is 2.22. The van der Waals surface area contributed by atoms with Crippen LogP contribution in [0.2, 0.25) is 0 Å². The van der Waals surface area contributed by atoms with E-state index in [0.29, 0.717) is 26.1 Å². The summed E-state index contributed by atoms with van der Waals surface area (Å²) in [4.78, 5) is 24.8. The van der Waals surface area contributed by atoms with Crippen molar-refractivity contribution in [3.05, 3.63) is 20.8 Å². The summed E-state index contributed by atoms with van der Waals surface area (Å²) in [6.45, 7) is 3.34. The first kappa shape index (κ1) is 15.3. The third-order valence-electron chi connectivity index (χ3n) is 3.36. The fraction of sp³-hybridized carbons (Fsp3) is 0.538. The summed E-state index contributed by atoms with van der Waals surface area (Å²) in [5, 5.41) is 13.9. The van der Waals surface area contributed by atoms with Crippen molar-refractivity contribution in [1.82, 2.24) is 10.2 Å². The van der Waals surface area contributed by atoms with Crippen LogP contribution in [0.1, 0.15) is 18.9 Å². The summed E-state index contributed by atoms with van der Waals surface area (Å²) in [5.74, 6) is -1.07. The van der Waals surface area contributed by atoms with Crippen LogP contribution in [0, 0.1) is 11.8 Å². The average Bonchev–Trinajstić information content (AvgIpc) is 2.81. The molecule has 2 amide bonds. The van der Waals surface area contributed by atoms with Crippen molar-refractivity contribution >= 4 is 39.3 Å². The number of carbonyl (C=O) groups excluding carboxylic acids is 1. The molecule has 0 saturated carbocycles. The summed E-state index contributed by atoms with van der Waals surface area (Å²) >= 11 is 4.95. The molecule has 2 rings (SSSR count). The highest BCUT2D eigenvalue weighted by Gasteiger charge is 2.31. The van der Waals surface area contributed by atoms with Crippen molar-refractivity contribution in [3.63, 3.8) is 0 Å². The lowest BCUT2D eigenvalue weighted by atomic mass is 9.91. The van der Waals surface area contributed by atoms with Gasteiger partial charge in [-0.25, -0.2) is 4.79 Å². The fourth-order valence-electron chi connectivity index (χ4n) is 2.42. The molecule has 1 saturated heterocycles. The quantitative estimate of drug-likeness (QED) is 0.870. The van der Waals surface area contributed by atoms with Gasteiger partial charge in [0.1, 0.15) is 0 Å². The zero-order valence-electron chi connectivity index (χ0n) is 11.1. The van der Waals surface area contributed by atoms with Crippen LogP contribution in [0.15, 0.2) is 15.2 Å². The van der Waals surface area contributed by atoms with Crippen LogP contribution in [-0.2, 0) is 11.3 Å². The Kier molecular flexibility index (Phi) is 5.04. The minimum absolute atomic E-state index is 0.190. The van der Waals surface area contributed by atoms with Gasteiger partial charge in [0.05, 0.1) is 9.70 Å². The number of carboxylic acids is 1. The monoisotopic (exact) mass is 360 g/mol. The number of hydrogen-bond donors (Lipinski definition) is 2. The second kappa shape index (κ2) is 6.58. The summed E-state index contributed by atoms with van der Waals surface area (Å²) in [6, 6.07) is 1.77. The Morgan fingerprint density at radius 3 is 2.90 bits per heavy atom. The van der Waals surface area contributed by atoms with E-state index in [9.17, 15) is 9.59 Å². The maximum Gasteiger partial charge on any atom is 0.317 e. The van der Waals surface area contributed by atoms with Crippen molar-refractivity contribution < 1.29 is 14.7 Å². The average molecular weight is 361 g/mol. The third kappa shape index (κ3) is 3.96. The van der Waals surface area contributed by atoms with E-state index in [1.807, 2.05) is 18.4 Å². The minimum atomic E-state index is -0.823. The van der Waals surface area contributed by atoms with Gasteiger partial charge < -0.3 is 15.3 Å². The minimum Gasteiger partial charge on any atom is -0.481 e. The molecular weight excluding hydrogens is 344 g/mol. The standard InChI is InChI=1S/C13H17BrN2O3S/c1-8-2-10(12(17)18)6-16(5-8)13(19)15-4-9-3-11(14)20-7-9/h3,7-8,10H,2,4-6H2,1H3,(H,15,19)(H,17,18). The maximum atomic E-state index is 12.1. The molecule has 20 heavy (non-hydrogen) atoms. The Morgan fingerprint density at radius 2 is 2.30 bits per heavy atom. The number of rotatable bonds is 3. The summed E-state index contributed by atoms with van der Waals surface area (Å²) in [5.41, 5.74) is 1.04. The number of aliphatic carboxylic acids is 1. The van der Waals surface area contributed by atoms with E-state index < -0.39 is 11.9 Å². The normalized spacial score (nSPS) is 22.6. The molecule has 0 aliphatic carbocycles. The Morgan fingerprint density at radius 1 is 1.55 bits per heavy atom. The van der Waals surface area contributed by atoms with E-state index in [1.165, 1.54) is 0 Å². The Balaban J connectivity index is 1.89. The van der Waals surface area contributed by atoms with Gasteiger partial charge in [0.25, 0.3) is 0 Å². The van der Waals surface area contributed by atoms with Crippen molar-refractivity contribution in [1.29, 1.82) is 0 Å². The van der Waals surface area contributed by atoms with Gasteiger partial charge >= 0.3 is 12.0 Å². The van der Waals surface area contributed by atoms with Gasteiger partial charge in [-0.15, -0.1) is 11.3 Å². The van der Waals surface area contributed by atoms with Gasteiger partial charge in [-0.2, -0.15) is 0 Å². The van der Waals surface area contributed by atoms with Gasteiger partial charge in [0, 0.05) is 19.6 Å². The van der Waals surface area contributed by atoms with Crippen LogP contribution in [0.25, 0.3) is 0 Å². The number of halogens is 1. The molecule has 2 atom stereocenters. The predicted molar refractivity (Wildman–Crippen MR) is 80.7 cm³/mol. The molecule has 1 aromatic rings. The first-order valence-electron chi connectivity index (χ1n) is 6.44. The predicted octanol–water partition coefficient (Wildman–Crippen LogP) is 2.76. The third-order valence-corrected chi connectivity index (χ3v) is 4.91. The number of amides is 2. The van der Waals surface area contributed by atoms with Crippen LogP contribution in [0.5, 0.6) is 0 Å². The number of likely N-dealkylation sites (tertiary alicyclic amines) is 1. The van der Waals surface area contributed by atoms with Crippen molar-refractivity contribution in [2.45, 2.75) is 19.9 Å². The number of urea groups is 1. The zero-order valence-corrected chi connectivity index (χ0v) is 13.5. The fourth-order valence-corrected chi connectivity index (χ4v) is 3.63. The van der Waals surface area contributed by atoms with Crippen LogP contribution in [0.4, 0.5) is 4.79 Å². The van der Waals surface area contributed by atoms with E-state index >= 15 is 0 Å². The van der Waals surface area contributed by atoms with E-state index in [-0.39, 0.29) is 11.9 Å². The molecule has 2 heterocycles. The molecule has 0 radical (unpaired) electrons. The molecule has 2 unspecified atom stereocenters. The van der Waals surface area contributed by atoms with E-state index in [2.05, 4.69) is 21.2 Å². The molecule has 5 nitrogen and oxygen atoms in total. The van der Waals surface area contributed by atoms with Crippen LogP contribution in [0.3, 0.4) is 0 Å². The highest BCUT2D eigenvalue weighted by molar-refractivity contribution is 9.11. The number of piperidine rings is 1. The van der Waals surface area contributed by atoms with Crippen LogP contribution >= 0.6 is 27.3 Å². The van der Waals surface area contributed by atoms with Crippen LogP contribution < -0.4 is 5.32 Å². The van der Waals surface area contributed by atoms with Gasteiger partial charge in [-0.05, 0) is 45.3 Å². The summed E-state index contributed by atoms with van der Waals surface area (Å²) in [7, 11) is 0. The first-order valence-corrected chi connectivity index (χ1v) is 8.11. The van der Waals surface area contributed by atoms with Gasteiger partial charge in [0.15, 0.2) is 0 Å². The molecule has 0 bridgehead atoms. The summed E-state index contributed by atoms with van der Waals surface area (Å²) in [6.07, 6.45) is 0.636. The molecule has 1 aromatic heterocycles. The smallest absolute Gasteiger partial charge is 0.317 e. The number of nitrogens with one attached hydrogen (secondary N) is 1. The Hall–Kier alpha value is -1.08. The molecule has 1 aliphatic heterocycles. The number of hydrogen-bond acceptors (Lipinski definition) is 3. The summed E-state index contributed by atoms with van der Waals surface area (Å²) < 4.78 is 1.03. The molecule has 1 aliphatic rings. The van der Waals surface area contributed by atoms with Crippen molar-refractivity contribution in [2.75, 3.05) is 13.1 Å². The van der Waals surface area contributed by atoms with E-state index in [4.69, 9.17) is 5.11 Å². The molecule has 0 spiro atoms. The molecular formula is C13H17BrN2O3S.